The van der Waals surface area contributed by atoms with Crippen molar-refractivity contribution in [1.82, 2.24) is 15.2 Å². The number of rotatable bonds is 4. The molecule has 0 bridgehead atoms. The number of hydrogen-bond acceptors (Lipinski definition) is 3. The maximum Gasteiger partial charge on any atom is 0.245 e. The van der Waals surface area contributed by atoms with Gasteiger partial charge >= 0.3 is 0 Å². The summed E-state index contributed by atoms with van der Waals surface area (Å²) in [5.74, 6) is 0.262. The molecule has 114 valence electrons. The van der Waals surface area contributed by atoms with Crippen LogP contribution in [-0.2, 0) is 16.1 Å². The molecule has 0 spiro atoms. The lowest BCUT2D eigenvalue weighted by molar-refractivity contribution is -0.150. The molecule has 1 aliphatic rings. The number of amides is 2. The van der Waals surface area contributed by atoms with Gasteiger partial charge in [-0.05, 0) is 37.3 Å². The fourth-order valence-corrected chi connectivity index (χ4v) is 2.68. The van der Waals surface area contributed by atoms with Crippen LogP contribution >= 0.6 is 0 Å². The SMILES string of the molecule is Cc1cncc(CN2C(=O)C(C)NC(=O)C2CC(C)C)c1. The highest BCUT2D eigenvalue weighted by Crippen LogP contribution is 2.20. The van der Waals surface area contributed by atoms with Gasteiger partial charge in [0.05, 0.1) is 0 Å². The molecule has 2 rings (SSSR count). The van der Waals surface area contributed by atoms with Crippen molar-refractivity contribution in [3.8, 4) is 0 Å². The zero-order chi connectivity index (χ0) is 15.6. The minimum absolute atomic E-state index is 0.0262. The topological polar surface area (TPSA) is 62.3 Å². The van der Waals surface area contributed by atoms with Gasteiger partial charge in [0.2, 0.25) is 11.8 Å². The number of nitrogens with zero attached hydrogens (tertiary/aromatic N) is 2. The zero-order valence-electron chi connectivity index (χ0n) is 13.1. The maximum absolute atomic E-state index is 12.4. The van der Waals surface area contributed by atoms with Crippen LogP contribution < -0.4 is 5.32 Å². The van der Waals surface area contributed by atoms with Crippen molar-refractivity contribution in [2.75, 3.05) is 0 Å². The fourth-order valence-electron chi connectivity index (χ4n) is 2.68. The van der Waals surface area contributed by atoms with Gasteiger partial charge in [-0.3, -0.25) is 14.6 Å². The lowest BCUT2D eigenvalue weighted by Crippen LogP contribution is -2.62. The fraction of sp³-hybridized carbons (Fsp3) is 0.562. The molecule has 0 aliphatic carbocycles. The first-order valence-electron chi connectivity index (χ1n) is 7.40. The summed E-state index contributed by atoms with van der Waals surface area (Å²) in [6.45, 7) is 8.25. The second kappa shape index (κ2) is 6.24. The van der Waals surface area contributed by atoms with Gasteiger partial charge in [-0.2, -0.15) is 0 Å². The molecule has 1 fully saturated rings. The van der Waals surface area contributed by atoms with E-state index in [-0.39, 0.29) is 11.8 Å². The first-order chi connectivity index (χ1) is 9.88. The standard InChI is InChI=1S/C16H23N3O2/c1-10(2)5-14-15(20)18-12(4)16(21)19(14)9-13-6-11(3)7-17-8-13/h6-8,10,12,14H,5,9H2,1-4H3,(H,18,20). The predicted octanol–water partition coefficient (Wildman–Crippen LogP) is 1.65. The molecule has 1 aromatic rings. The van der Waals surface area contributed by atoms with E-state index in [2.05, 4.69) is 24.1 Å². The molecule has 5 heteroatoms. The summed E-state index contributed by atoms with van der Waals surface area (Å²) in [5.41, 5.74) is 2.01. The molecule has 21 heavy (non-hydrogen) atoms. The average Bonchev–Trinajstić information content (AvgIpc) is 2.40. The quantitative estimate of drug-likeness (QED) is 0.917. The normalized spacial score (nSPS) is 22.6. The monoisotopic (exact) mass is 289 g/mol. The number of aromatic nitrogens is 1. The Hall–Kier alpha value is -1.91. The van der Waals surface area contributed by atoms with E-state index < -0.39 is 12.1 Å². The highest BCUT2D eigenvalue weighted by atomic mass is 16.2. The largest absolute Gasteiger partial charge is 0.343 e. The number of aryl methyl sites for hydroxylation is 1. The van der Waals surface area contributed by atoms with Crippen LogP contribution in [0.1, 0.15) is 38.3 Å². The Morgan fingerprint density at radius 1 is 1.33 bits per heavy atom. The minimum atomic E-state index is -0.460. The second-order valence-electron chi connectivity index (χ2n) is 6.21. The van der Waals surface area contributed by atoms with Crippen LogP contribution in [0.2, 0.25) is 0 Å². The van der Waals surface area contributed by atoms with Gasteiger partial charge in [0.25, 0.3) is 0 Å². The van der Waals surface area contributed by atoms with Crippen molar-refractivity contribution < 1.29 is 9.59 Å². The van der Waals surface area contributed by atoms with Crippen LogP contribution in [0.3, 0.4) is 0 Å². The molecule has 2 amide bonds. The second-order valence-corrected chi connectivity index (χ2v) is 6.21. The van der Waals surface area contributed by atoms with Crippen LogP contribution in [0, 0.1) is 12.8 Å². The van der Waals surface area contributed by atoms with E-state index in [1.54, 1.807) is 24.2 Å². The Labute approximate surface area is 125 Å². The molecular formula is C16H23N3O2. The molecule has 2 heterocycles. The van der Waals surface area contributed by atoms with Crippen molar-refractivity contribution >= 4 is 11.8 Å². The first kappa shape index (κ1) is 15.5. The van der Waals surface area contributed by atoms with E-state index in [1.807, 2.05) is 13.0 Å². The number of pyridine rings is 1. The van der Waals surface area contributed by atoms with E-state index in [0.717, 1.165) is 11.1 Å². The van der Waals surface area contributed by atoms with E-state index in [1.165, 1.54) is 0 Å². The van der Waals surface area contributed by atoms with Crippen LogP contribution in [-0.4, -0.2) is 33.8 Å². The molecule has 0 aromatic carbocycles. The Balaban J connectivity index is 2.25. The molecule has 5 nitrogen and oxygen atoms in total. The van der Waals surface area contributed by atoms with Gasteiger partial charge in [0.15, 0.2) is 0 Å². The molecule has 1 aromatic heterocycles. The van der Waals surface area contributed by atoms with Crippen molar-refractivity contribution in [2.45, 2.75) is 52.7 Å². The summed E-state index contributed by atoms with van der Waals surface area (Å²) >= 11 is 0. The molecule has 1 N–H and O–H groups in total. The summed E-state index contributed by atoms with van der Waals surface area (Å²) < 4.78 is 0. The minimum Gasteiger partial charge on any atom is -0.343 e. The van der Waals surface area contributed by atoms with E-state index >= 15 is 0 Å². The summed E-state index contributed by atoms with van der Waals surface area (Å²) in [5, 5.41) is 2.77. The number of carbonyl (C=O) groups is 2. The Kier molecular flexibility index (Phi) is 4.60. The highest BCUT2D eigenvalue weighted by Gasteiger charge is 2.38. The van der Waals surface area contributed by atoms with E-state index in [0.29, 0.717) is 18.9 Å². The van der Waals surface area contributed by atoms with Crippen molar-refractivity contribution in [3.05, 3.63) is 29.6 Å². The number of hydrogen-bond donors (Lipinski definition) is 1. The molecule has 2 unspecified atom stereocenters. The maximum atomic E-state index is 12.4. The van der Waals surface area contributed by atoms with E-state index in [4.69, 9.17) is 0 Å². The number of nitrogens with one attached hydrogen (secondary N) is 1. The van der Waals surface area contributed by atoms with Crippen molar-refractivity contribution in [3.63, 3.8) is 0 Å². The highest BCUT2D eigenvalue weighted by molar-refractivity contribution is 5.96. The van der Waals surface area contributed by atoms with Crippen LogP contribution in [0.5, 0.6) is 0 Å². The molecule has 1 aliphatic heterocycles. The van der Waals surface area contributed by atoms with Gasteiger partial charge < -0.3 is 10.2 Å². The lowest BCUT2D eigenvalue weighted by atomic mass is 9.97. The van der Waals surface area contributed by atoms with Crippen LogP contribution in [0.4, 0.5) is 0 Å². The summed E-state index contributed by atoms with van der Waals surface area (Å²) in [7, 11) is 0. The lowest BCUT2D eigenvalue weighted by Gasteiger charge is -2.38. The average molecular weight is 289 g/mol. The number of carbonyl (C=O) groups excluding carboxylic acids is 2. The molecule has 0 saturated carbocycles. The Morgan fingerprint density at radius 3 is 2.67 bits per heavy atom. The van der Waals surface area contributed by atoms with Gasteiger partial charge in [0, 0.05) is 18.9 Å². The van der Waals surface area contributed by atoms with Crippen molar-refractivity contribution in [2.24, 2.45) is 5.92 Å². The molecular weight excluding hydrogens is 266 g/mol. The summed E-state index contributed by atoms with van der Waals surface area (Å²) in [4.78, 5) is 30.5. The summed E-state index contributed by atoms with van der Waals surface area (Å²) in [6.07, 6.45) is 4.20. The number of piperazine rings is 1. The Morgan fingerprint density at radius 2 is 2.05 bits per heavy atom. The summed E-state index contributed by atoms with van der Waals surface area (Å²) in [6, 6.07) is 1.15. The van der Waals surface area contributed by atoms with Gasteiger partial charge in [0.1, 0.15) is 12.1 Å². The van der Waals surface area contributed by atoms with Gasteiger partial charge in [-0.1, -0.05) is 19.9 Å². The van der Waals surface area contributed by atoms with Crippen LogP contribution in [0.25, 0.3) is 0 Å². The molecule has 0 radical (unpaired) electrons. The zero-order valence-corrected chi connectivity index (χ0v) is 13.1. The Bertz CT molecular complexity index is 542. The first-order valence-corrected chi connectivity index (χ1v) is 7.40. The van der Waals surface area contributed by atoms with Crippen molar-refractivity contribution in [1.29, 1.82) is 0 Å². The van der Waals surface area contributed by atoms with Crippen LogP contribution in [0.15, 0.2) is 18.5 Å². The predicted molar refractivity (Wildman–Crippen MR) is 80.4 cm³/mol. The molecule has 2 atom stereocenters. The third-order valence-electron chi connectivity index (χ3n) is 3.67. The third-order valence-corrected chi connectivity index (χ3v) is 3.67. The molecule has 1 saturated heterocycles. The van der Waals surface area contributed by atoms with E-state index in [9.17, 15) is 9.59 Å². The third kappa shape index (κ3) is 3.60. The smallest absolute Gasteiger partial charge is 0.245 e. The van der Waals surface area contributed by atoms with Gasteiger partial charge in [-0.25, -0.2) is 0 Å². The van der Waals surface area contributed by atoms with Gasteiger partial charge in [-0.15, -0.1) is 0 Å².